The summed E-state index contributed by atoms with van der Waals surface area (Å²) in [5, 5.41) is 0.249. The molecule has 0 fully saturated rings. The Kier molecular flexibility index (Phi) is 4.71. The first-order chi connectivity index (χ1) is 11.8. The lowest BCUT2D eigenvalue weighted by Gasteiger charge is -2.11. The standard InChI is InChI=1S/C16H15ClF2N4O2/c1-8-4-13(22-15-14(8)21-9(2)23(15)3)25-16-11(24-7-12(18)19)5-10(17)6-20-16/h4-6,12H,7H2,1-3H3. The van der Waals surface area contributed by atoms with Crippen LogP contribution in [0.4, 0.5) is 8.78 Å². The van der Waals surface area contributed by atoms with Gasteiger partial charge in [0.25, 0.3) is 12.3 Å². The molecule has 3 aromatic heterocycles. The van der Waals surface area contributed by atoms with Crippen LogP contribution in [0.2, 0.25) is 5.02 Å². The monoisotopic (exact) mass is 368 g/mol. The zero-order valence-electron chi connectivity index (χ0n) is 13.8. The Labute approximate surface area is 147 Å². The molecule has 0 spiro atoms. The summed E-state index contributed by atoms with van der Waals surface area (Å²) in [4.78, 5) is 12.9. The van der Waals surface area contributed by atoms with Gasteiger partial charge in [0, 0.05) is 25.4 Å². The van der Waals surface area contributed by atoms with Crippen LogP contribution < -0.4 is 9.47 Å². The predicted molar refractivity (Wildman–Crippen MR) is 88.8 cm³/mol. The molecule has 0 unspecified atom stereocenters. The summed E-state index contributed by atoms with van der Waals surface area (Å²) in [5.74, 6) is 1.10. The van der Waals surface area contributed by atoms with E-state index in [9.17, 15) is 8.78 Å². The fourth-order valence-electron chi connectivity index (χ4n) is 2.27. The van der Waals surface area contributed by atoms with Gasteiger partial charge < -0.3 is 14.0 Å². The molecule has 25 heavy (non-hydrogen) atoms. The normalized spacial score (nSPS) is 11.3. The van der Waals surface area contributed by atoms with E-state index in [4.69, 9.17) is 21.1 Å². The molecule has 9 heteroatoms. The number of ether oxygens (including phenoxy) is 2. The van der Waals surface area contributed by atoms with Crippen molar-refractivity contribution in [2.24, 2.45) is 7.05 Å². The van der Waals surface area contributed by atoms with Crippen molar-refractivity contribution in [2.75, 3.05) is 6.61 Å². The minimum absolute atomic E-state index is 0.00944. The van der Waals surface area contributed by atoms with Crippen molar-refractivity contribution in [3.63, 3.8) is 0 Å². The number of imidazole rings is 1. The molecule has 0 atom stereocenters. The number of aryl methyl sites for hydroxylation is 3. The van der Waals surface area contributed by atoms with Crippen LogP contribution in [0.25, 0.3) is 11.2 Å². The van der Waals surface area contributed by atoms with Crippen LogP contribution in [-0.2, 0) is 7.05 Å². The predicted octanol–water partition coefficient (Wildman–Crippen LogP) is 4.07. The number of halogens is 3. The lowest BCUT2D eigenvalue weighted by atomic mass is 10.2. The lowest BCUT2D eigenvalue weighted by molar-refractivity contribution is 0.0804. The first kappa shape index (κ1) is 17.3. The Morgan fingerprint density at radius 3 is 2.72 bits per heavy atom. The molecule has 132 valence electrons. The van der Waals surface area contributed by atoms with Crippen LogP contribution >= 0.6 is 11.6 Å². The van der Waals surface area contributed by atoms with E-state index in [1.165, 1.54) is 12.3 Å². The SMILES string of the molecule is Cc1cc(Oc2ncc(Cl)cc2OCC(F)F)nc2c1nc(C)n2C. The highest BCUT2D eigenvalue weighted by Crippen LogP contribution is 2.32. The molecular weight excluding hydrogens is 354 g/mol. The maximum absolute atomic E-state index is 12.4. The average Bonchev–Trinajstić information content (AvgIpc) is 2.84. The Morgan fingerprint density at radius 2 is 2.00 bits per heavy atom. The van der Waals surface area contributed by atoms with E-state index in [0.717, 1.165) is 16.9 Å². The van der Waals surface area contributed by atoms with Gasteiger partial charge >= 0.3 is 0 Å². The largest absolute Gasteiger partial charge is 0.482 e. The highest BCUT2D eigenvalue weighted by Gasteiger charge is 2.15. The maximum atomic E-state index is 12.4. The number of alkyl halides is 2. The van der Waals surface area contributed by atoms with Crippen molar-refractivity contribution in [3.8, 4) is 17.5 Å². The van der Waals surface area contributed by atoms with Gasteiger partial charge in [-0.25, -0.2) is 18.7 Å². The lowest BCUT2D eigenvalue weighted by Crippen LogP contribution is -2.08. The molecule has 0 aliphatic heterocycles. The summed E-state index contributed by atoms with van der Waals surface area (Å²) in [7, 11) is 1.85. The van der Waals surface area contributed by atoms with E-state index in [0.29, 0.717) is 5.65 Å². The van der Waals surface area contributed by atoms with Crippen LogP contribution in [0.15, 0.2) is 18.3 Å². The second-order valence-electron chi connectivity index (χ2n) is 5.43. The van der Waals surface area contributed by atoms with Crippen molar-refractivity contribution in [1.29, 1.82) is 0 Å². The Bertz CT molecular complexity index is 930. The van der Waals surface area contributed by atoms with Gasteiger partial charge in [0.05, 0.1) is 5.02 Å². The Hall–Kier alpha value is -2.48. The van der Waals surface area contributed by atoms with Crippen molar-refractivity contribution < 1.29 is 18.3 Å². The molecule has 3 heterocycles. The van der Waals surface area contributed by atoms with Crippen LogP contribution in [0.3, 0.4) is 0 Å². The molecule has 0 N–H and O–H groups in total. The number of hydrogen-bond acceptors (Lipinski definition) is 5. The quantitative estimate of drug-likeness (QED) is 0.679. The molecule has 0 saturated heterocycles. The number of hydrogen-bond donors (Lipinski definition) is 0. The number of rotatable bonds is 5. The molecule has 6 nitrogen and oxygen atoms in total. The average molecular weight is 369 g/mol. The van der Waals surface area contributed by atoms with Gasteiger partial charge in [0.15, 0.2) is 11.4 Å². The third-order valence-electron chi connectivity index (χ3n) is 3.57. The second-order valence-corrected chi connectivity index (χ2v) is 5.87. The van der Waals surface area contributed by atoms with Gasteiger partial charge in [-0.1, -0.05) is 11.6 Å². The summed E-state index contributed by atoms with van der Waals surface area (Å²) < 4.78 is 37.3. The summed E-state index contributed by atoms with van der Waals surface area (Å²) in [6, 6.07) is 3.06. The molecule has 0 radical (unpaired) electrons. The highest BCUT2D eigenvalue weighted by molar-refractivity contribution is 6.30. The van der Waals surface area contributed by atoms with E-state index in [1.807, 2.05) is 25.5 Å². The zero-order valence-corrected chi connectivity index (χ0v) is 14.5. The van der Waals surface area contributed by atoms with Gasteiger partial charge in [-0.05, 0) is 19.4 Å². The van der Waals surface area contributed by atoms with Crippen molar-refractivity contribution in [2.45, 2.75) is 20.3 Å². The van der Waals surface area contributed by atoms with Gasteiger partial charge in [0.1, 0.15) is 17.9 Å². The Balaban J connectivity index is 1.97. The molecule has 0 aliphatic carbocycles. The van der Waals surface area contributed by atoms with E-state index >= 15 is 0 Å². The van der Waals surface area contributed by atoms with Gasteiger partial charge in [0.2, 0.25) is 5.88 Å². The number of aromatic nitrogens is 4. The van der Waals surface area contributed by atoms with Gasteiger partial charge in [-0.2, -0.15) is 4.98 Å². The van der Waals surface area contributed by atoms with Crippen molar-refractivity contribution >= 4 is 22.8 Å². The molecule has 3 aromatic rings. The fraction of sp³-hybridized carbons (Fsp3) is 0.312. The third-order valence-corrected chi connectivity index (χ3v) is 3.78. The van der Waals surface area contributed by atoms with Crippen molar-refractivity contribution in [3.05, 3.63) is 34.7 Å². The first-order valence-corrected chi connectivity index (χ1v) is 7.78. The van der Waals surface area contributed by atoms with E-state index < -0.39 is 13.0 Å². The molecular formula is C16H15ClF2N4O2. The number of nitrogens with zero attached hydrogens (tertiary/aromatic N) is 4. The van der Waals surface area contributed by atoms with Crippen molar-refractivity contribution in [1.82, 2.24) is 19.5 Å². The smallest absolute Gasteiger partial charge is 0.272 e. The summed E-state index contributed by atoms with van der Waals surface area (Å²) in [6.07, 6.45) is -1.29. The fourth-order valence-corrected chi connectivity index (χ4v) is 2.42. The molecule has 0 aliphatic rings. The minimum atomic E-state index is -2.62. The van der Waals surface area contributed by atoms with E-state index in [2.05, 4.69) is 15.0 Å². The van der Waals surface area contributed by atoms with E-state index in [-0.39, 0.29) is 22.5 Å². The number of fused-ring (bicyclic) bond motifs is 1. The summed E-state index contributed by atoms with van der Waals surface area (Å²) in [6.45, 7) is 2.97. The molecule has 0 aromatic carbocycles. The van der Waals surface area contributed by atoms with Crippen LogP contribution in [-0.4, -0.2) is 32.6 Å². The summed E-state index contributed by atoms with van der Waals surface area (Å²) in [5.41, 5.74) is 2.29. The first-order valence-electron chi connectivity index (χ1n) is 7.40. The minimum Gasteiger partial charge on any atom is -0.482 e. The number of pyridine rings is 2. The molecule has 0 saturated carbocycles. The van der Waals surface area contributed by atoms with Crippen LogP contribution in [0.1, 0.15) is 11.4 Å². The van der Waals surface area contributed by atoms with Crippen LogP contribution in [0, 0.1) is 13.8 Å². The van der Waals surface area contributed by atoms with Gasteiger partial charge in [-0.15, -0.1) is 0 Å². The molecule has 3 rings (SSSR count). The highest BCUT2D eigenvalue weighted by atomic mass is 35.5. The van der Waals surface area contributed by atoms with Gasteiger partial charge in [-0.3, -0.25) is 0 Å². The molecule has 0 bridgehead atoms. The Morgan fingerprint density at radius 1 is 1.24 bits per heavy atom. The second kappa shape index (κ2) is 6.79. The van der Waals surface area contributed by atoms with Crippen LogP contribution in [0.5, 0.6) is 17.5 Å². The third kappa shape index (κ3) is 3.63. The molecule has 0 amide bonds. The topological polar surface area (TPSA) is 62.1 Å². The maximum Gasteiger partial charge on any atom is 0.272 e. The van der Waals surface area contributed by atoms with E-state index in [1.54, 1.807) is 6.07 Å². The zero-order chi connectivity index (χ0) is 18.1. The summed E-state index contributed by atoms with van der Waals surface area (Å²) >= 11 is 5.85.